The van der Waals surface area contributed by atoms with Gasteiger partial charge in [0.25, 0.3) is 10.0 Å². The van der Waals surface area contributed by atoms with Crippen LogP contribution >= 0.6 is 11.6 Å². The first-order valence-corrected chi connectivity index (χ1v) is 8.30. The maximum atomic E-state index is 12.3. The van der Waals surface area contributed by atoms with Crippen LogP contribution in [-0.4, -0.2) is 13.4 Å². The van der Waals surface area contributed by atoms with Gasteiger partial charge in [0.2, 0.25) is 0 Å². The molecule has 0 radical (unpaired) electrons. The van der Waals surface area contributed by atoms with E-state index in [0.717, 1.165) is 5.56 Å². The standard InChI is InChI=1S/C15H17ClN2O2S/c1-15(2,3)11-7-9-12(10-8-11)21(19,20)18-14-6-4-5-13(16)17-14/h4-10H,1-3H3,(H,17,18). The maximum Gasteiger partial charge on any atom is 0.263 e. The Morgan fingerprint density at radius 2 is 1.67 bits per heavy atom. The van der Waals surface area contributed by atoms with Crippen molar-refractivity contribution in [3.8, 4) is 0 Å². The predicted octanol–water partition coefficient (Wildman–Crippen LogP) is 3.83. The first-order chi connectivity index (χ1) is 9.68. The SMILES string of the molecule is CC(C)(C)c1ccc(S(=O)(=O)Nc2cccc(Cl)n2)cc1. The minimum absolute atomic E-state index is 0.0236. The highest BCUT2D eigenvalue weighted by molar-refractivity contribution is 7.92. The van der Waals surface area contributed by atoms with Crippen molar-refractivity contribution in [2.45, 2.75) is 31.1 Å². The van der Waals surface area contributed by atoms with Crippen LogP contribution in [0.1, 0.15) is 26.3 Å². The smallest absolute Gasteiger partial charge is 0.263 e. The molecule has 0 saturated heterocycles. The van der Waals surface area contributed by atoms with Crippen LogP contribution in [0.4, 0.5) is 5.82 Å². The van der Waals surface area contributed by atoms with Gasteiger partial charge in [-0.05, 0) is 35.2 Å². The molecule has 21 heavy (non-hydrogen) atoms. The molecule has 0 bridgehead atoms. The zero-order valence-electron chi connectivity index (χ0n) is 12.1. The van der Waals surface area contributed by atoms with Crippen molar-refractivity contribution in [1.82, 2.24) is 4.98 Å². The normalized spacial score (nSPS) is 12.2. The molecule has 0 aliphatic carbocycles. The number of benzene rings is 1. The molecule has 0 atom stereocenters. The second kappa shape index (κ2) is 5.66. The third kappa shape index (κ3) is 3.95. The zero-order chi connectivity index (χ0) is 15.7. The molecule has 0 spiro atoms. The number of sulfonamides is 1. The van der Waals surface area contributed by atoms with E-state index in [0.29, 0.717) is 0 Å². The number of nitrogens with zero attached hydrogens (tertiary/aromatic N) is 1. The van der Waals surface area contributed by atoms with E-state index in [1.165, 1.54) is 0 Å². The van der Waals surface area contributed by atoms with Crippen molar-refractivity contribution < 1.29 is 8.42 Å². The van der Waals surface area contributed by atoms with Crippen LogP contribution < -0.4 is 4.72 Å². The summed E-state index contributed by atoms with van der Waals surface area (Å²) in [6, 6.07) is 11.6. The minimum atomic E-state index is -3.66. The monoisotopic (exact) mass is 324 g/mol. The Bertz CT molecular complexity index is 735. The number of pyridine rings is 1. The summed E-state index contributed by atoms with van der Waals surface area (Å²) in [7, 11) is -3.66. The second-order valence-corrected chi connectivity index (χ2v) is 7.80. The van der Waals surface area contributed by atoms with Gasteiger partial charge >= 0.3 is 0 Å². The molecule has 1 aromatic heterocycles. The summed E-state index contributed by atoms with van der Waals surface area (Å²) in [4.78, 5) is 4.11. The molecule has 0 unspecified atom stereocenters. The lowest BCUT2D eigenvalue weighted by Crippen LogP contribution is -2.15. The van der Waals surface area contributed by atoms with Crippen molar-refractivity contribution in [2.75, 3.05) is 4.72 Å². The third-order valence-corrected chi connectivity index (χ3v) is 4.57. The van der Waals surface area contributed by atoms with Crippen molar-refractivity contribution >= 4 is 27.4 Å². The van der Waals surface area contributed by atoms with Gasteiger partial charge in [0.05, 0.1) is 4.90 Å². The van der Waals surface area contributed by atoms with Gasteiger partial charge in [-0.1, -0.05) is 50.6 Å². The number of nitrogens with one attached hydrogen (secondary N) is 1. The van der Waals surface area contributed by atoms with Crippen LogP contribution in [0.5, 0.6) is 0 Å². The number of hydrogen-bond donors (Lipinski definition) is 1. The van der Waals surface area contributed by atoms with Crippen LogP contribution in [0.3, 0.4) is 0 Å². The predicted molar refractivity (Wildman–Crippen MR) is 85.2 cm³/mol. The third-order valence-electron chi connectivity index (χ3n) is 2.98. The van der Waals surface area contributed by atoms with E-state index in [1.54, 1.807) is 30.3 Å². The van der Waals surface area contributed by atoms with E-state index in [-0.39, 0.29) is 21.3 Å². The van der Waals surface area contributed by atoms with E-state index in [9.17, 15) is 8.42 Å². The highest BCUT2D eigenvalue weighted by atomic mass is 35.5. The largest absolute Gasteiger partial charge is 0.263 e. The van der Waals surface area contributed by atoms with Crippen LogP contribution in [-0.2, 0) is 15.4 Å². The lowest BCUT2D eigenvalue weighted by molar-refractivity contribution is 0.587. The van der Waals surface area contributed by atoms with E-state index in [1.807, 2.05) is 12.1 Å². The van der Waals surface area contributed by atoms with Gasteiger partial charge < -0.3 is 0 Å². The molecular formula is C15H17ClN2O2S. The first kappa shape index (κ1) is 15.8. The van der Waals surface area contributed by atoms with E-state index >= 15 is 0 Å². The number of rotatable bonds is 3. The van der Waals surface area contributed by atoms with E-state index in [4.69, 9.17) is 11.6 Å². The summed E-state index contributed by atoms with van der Waals surface area (Å²) in [5, 5.41) is 0.235. The molecule has 1 N–H and O–H groups in total. The van der Waals surface area contributed by atoms with Crippen LogP contribution in [0.15, 0.2) is 47.4 Å². The molecule has 112 valence electrons. The molecule has 0 saturated carbocycles. The maximum absolute atomic E-state index is 12.3. The van der Waals surface area contributed by atoms with Crippen LogP contribution in [0, 0.1) is 0 Å². The van der Waals surface area contributed by atoms with E-state index < -0.39 is 10.0 Å². The molecule has 1 aromatic carbocycles. The minimum Gasteiger partial charge on any atom is -0.263 e. The lowest BCUT2D eigenvalue weighted by atomic mass is 9.87. The molecule has 2 aromatic rings. The topological polar surface area (TPSA) is 59.1 Å². The Morgan fingerprint density at radius 3 is 2.19 bits per heavy atom. The number of aromatic nitrogens is 1. The van der Waals surface area contributed by atoms with Gasteiger partial charge in [-0.2, -0.15) is 0 Å². The second-order valence-electron chi connectivity index (χ2n) is 5.73. The molecule has 0 amide bonds. The van der Waals surface area contributed by atoms with Crippen LogP contribution in [0.25, 0.3) is 0 Å². The molecule has 6 heteroatoms. The van der Waals surface area contributed by atoms with E-state index in [2.05, 4.69) is 30.5 Å². The quantitative estimate of drug-likeness (QED) is 0.873. The molecule has 4 nitrogen and oxygen atoms in total. The van der Waals surface area contributed by atoms with Gasteiger partial charge in [0.15, 0.2) is 0 Å². The number of hydrogen-bond acceptors (Lipinski definition) is 3. The average molecular weight is 325 g/mol. The summed E-state index contributed by atoms with van der Waals surface area (Å²) in [6.07, 6.45) is 0. The Balaban J connectivity index is 2.28. The molecular weight excluding hydrogens is 308 g/mol. The van der Waals surface area contributed by atoms with Gasteiger partial charge in [-0.25, -0.2) is 13.4 Å². The lowest BCUT2D eigenvalue weighted by Gasteiger charge is -2.19. The Kier molecular flexibility index (Phi) is 4.25. The van der Waals surface area contributed by atoms with Gasteiger partial charge in [0, 0.05) is 0 Å². The van der Waals surface area contributed by atoms with Crippen molar-refractivity contribution in [3.05, 3.63) is 53.2 Å². The summed E-state index contributed by atoms with van der Waals surface area (Å²) in [6.45, 7) is 6.22. The zero-order valence-corrected chi connectivity index (χ0v) is 13.7. The summed E-state index contributed by atoms with van der Waals surface area (Å²) in [5.41, 5.74) is 1.05. The van der Waals surface area contributed by atoms with Gasteiger partial charge in [0.1, 0.15) is 11.0 Å². The molecule has 0 aliphatic rings. The first-order valence-electron chi connectivity index (χ1n) is 6.44. The molecule has 0 fully saturated rings. The average Bonchev–Trinajstić information content (AvgIpc) is 2.37. The number of anilines is 1. The van der Waals surface area contributed by atoms with Crippen LogP contribution in [0.2, 0.25) is 5.15 Å². The fourth-order valence-electron chi connectivity index (χ4n) is 1.80. The van der Waals surface area contributed by atoms with Gasteiger partial charge in [-0.15, -0.1) is 0 Å². The summed E-state index contributed by atoms with van der Waals surface area (Å²) in [5.74, 6) is 0.197. The Labute approximate surface area is 130 Å². The molecule has 1 heterocycles. The fourth-order valence-corrected chi connectivity index (χ4v) is 2.96. The van der Waals surface area contributed by atoms with Gasteiger partial charge in [-0.3, -0.25) is 4.72 Å². The summed E-state index contributed by atoms with van der Waals surface area (Å²) >= 11 is 5.74. The Hall–Kier alpha value is -1.59. The molecule has 2 rings (SSSR count). The number of halogens is 1. The summed E-state index contributed by atoms with van der Waals surface area (Å²) < 4.78 is 27.0. The highest BCUT2D eigenvalue weighted by Gasteiger charge is 2.18. The van der Waals surface area contributed by atoms with Crippen molar-refractivity contribution in [3.63, 3.8) is 0 Å². The van der Waals surface area contributed by atoms with Crippen molar-refractivity contribution in [2.24, 2.45) is 0 Å². The fraction of sp³-hybridized carbons (Fsp3) is 0.267. The Morgan fingerprint density at radius 1 is 1.05 bits per heavy atom. The van der Waals surface area contributed by atoms with Crippen molar-refractivity contribution in [1.29, 1.82) is 0 Å². The highest BCUT2D eigenvalue weighted by Crippen LogP contribution is 2.24. The molecule has 0 aliphatic heterocycles.